The van der Waals surface area contributed by atoms with Crippen molar-refractivity contribution in [2.45, 2.75) is 31.4 Å². The molecule has 0 fully saturated rings. The van der Waals surface area contributed by atoms with Gasteiger partial charge in [-0.1, -0.05) is 68.1 Å². The fraction of sp³-hybridized carbons (Fsp3) is 0.250. The molecule has 25 heavy (non-hydrogen) atoms. The zero-order valence-electron chi connectivity index (χ0n) is 14.3. The molecule has 0 unspecified atom stereocenters. The number of carbonyl (C=O) groups is 1. The lowest BCUT2D eigenvalue weighted by Crippen LogP contribution is -2.03. The van der Waals surface area contributed by atoms with Gasteiger partial charge in [0.25, 0.3) is 5.22 Å². The van der Waals surface area contributed by atoms with E-state index in [0.717, 1.165) is 12.0 Å². The molecule has 0 aliphatic rings. The quantitative estimate of drug-likeness (QED) is 0.431. The summed E-state index contributed by atoms with van der Waals surface area (Å²) in [5.74, 6) is 1.31. The van der Waals surface area contributed by atoms with Gasteiger partial charge in [-0.2, -0.15) is 0 Å². The number of thioether (sulfide) groups is 1. The van der Waals surface area contributed by atoms with Gasteiger partial charge < -0.3 is 4.42 Å². The molecule has 5 heteroatoms. The molecule has 0 radical (unpaired) electrons. The minimum Gasteiger partial charge on any atom is -0.411 e. The van der Waals surface area contributed by atoms with Crippen molar-refractivity contribution >= 4 is 17.5 Å². The molecular weight excluding hydrogens is 332 g/mol. The Kier molecular flexibility index (Phi) is 5.66. The lowest BCUT2D eigenvalue weighted by atomic mass is 9.97. The van der Waals surface area contributed by atoms with E-state index in [9.17, 15) is 4.79 Å². The summed E-state index contributed by atoms with van der Waals surface area (Å²) in [6, 6.07) is 17.4. The maximum absolute atomic E-state index is 12.3. The molecule has 0 amide bonds. The van der Waals surface area contributed by atoms with Crippen molar-refractivity contribution in [3.63, 3.8) is 0 Å². The summed E-state index contributed by atoms with van der Waals surface area (Å²) in [5, 5.41) is 8.44. The van der Waals surface area contributed by atoms with Crippen LogP contribution < -0.4 is 0 Å². The predicted octanol–water partition coefficient (Wildman–Crippen LogP) is 5.23. The Bertz CT molecular complexity index is 828. The molecule has 0 N–H and O–H groups in total. The number of nitrogens with zero attached hydrogens (tertiary/aromatic N) is 2. The van der Waals surface area contributed by atoms with Crippen LogP contribution in [0.15, 0.2) is 64.2 Å². The first kappa shape index (κ1) is 17.4. The van der Waals surface area contributed by atoms with Crippen LogP contribution in [0.5, 0.6) is 0 Å². The summed E-state index contributed by atoms with van der Waals surface area (Å²) in [4.78, 5) is 12.3. The monoisotopic (exact) mass is 352 g/mol. The van der Waals surface area contributed by atoms with Crippen molar-refractivity contribution < 1.29 is 9.21 Å². The molecule has 0 bridgehead atoms. The van der Waals surface area contributed by atoms with Gasteiger partial charge in [0.2, 0.25) is 5.89 Å². The topological polar surface area (TPSA) is 56.0 Å². The Morgan fingerprint density at radius 1 is 1.08 bits per heavy atom. The Labute approximate surface area is 151 Å². The minimum absolute atomic E-state index is 0.0557. The number of Topliss-reactive ketones (excluding diaryl/α,β-unsaturated/α-hetero) is 1. The number of ketones is 1. The average molecular weight is 352 g/mol. The molecule has 3 rings (SSSR count). The third kappa shape index (κ3) is 4.37. The zero-order valence-corrected chi connectivity index (χ0v) is 15.1. The van der Waals surface area contributed by atoms with E-state index in [2.05, 4.69) is 24.0 Å². The molecule has 128 valence electrons. The molecule has 1 atom stereocenters. The van der Waals surface area contributed by atoms with Crippen LogP contribution in [0.25, 0.3) is 11.5 Å². The molecule has 3 aromatic rings. The summed E-state index contributed by atoms with van der Waals surface area (Å²) < 4.78 is 5.61. The first-order valence-corrected chi connectivity index (χ1v) is 9.30. The third-order valence-corrected chi connectivity index (χ3v) is 4.99. The van der Waals surface area contributed by atoms with Crippen LogP contribution in [-0.4, -0.2) is 21.7 Å². The number of benzene rings is 2. The summed E-state index contributed by atoms with van der Waals surface area (Å²) >= 11 is 1.26. The van der Waals surface area contributed by atoms with Gasteiger partial charge in [-0.3, -0.25) is 4.79 Å². The normalized spacial score (nSPS) is 12.1. The minimum atomic E-state index is 0.0557. The van der Waals surface area contributed by atoms with E-state index in [1.807, 2.05) is 54.6 Å². The Hall–Kier alpha value is -2.40. The van der Waals surface area contributed by atoms with Gasteiger partial charge in [0, 0.05) is 11.1 Å². The van der Waals surface area contributed by atoms with E-state index in [4.69, 9.17) is 4.42 Å². The molecule has 0 saturated carbocycles. The van der Waals surface area contributed by atoms with Crippen LogP contribution >= 0.6 is 11.8 Å². The highest BCUT2D eigenvalue weighted by atomic mass is 32.2. The first-order valence-electron chi connectivity index (χ1n) is 8.32. The van der Waals surface area contributed by atoms with Gasteiger partial charge in [-0.05, 0) is 30.0 Å². The first-order chi connectivity index (χ1) is 12.2. The van der Waals surface area contributed by atoms with Crippen molar-refractivity contribution in [1.82, 2.24) is 10.2 Å². The van der Waals surface area contributed by atoms with E-state index in [-0.39, 0.29) is 11.5 Å². The smallest absolute Gasteiger partial charge is 0.277 e. The van der Waals surface area contributed by atoms with Crippen LogP contribution in [0, 0.1) is 0 Å². The van der Waals surface area contributed by atoms with Crippen molar-refractivity contribution in [2.24, 2.45) is 0 Å². The number of hydrogen-bond acceptors (Lipinski definition) is 5. The number of carbonyl (C=O) groups excluding carboxylic acids is 1. The second kappa shape index (κ2) is 8.12. The van der Waals surface area contributed by atoms with Crippen LogP contribution in [0.4, 0.5) is 0 Å². The lowest BCUT2D eigenvalue weighted by Gasteiger charge is -2.09. The van der Waals surface area contributed by atoms with Crippen LogP contribution in [0.1, 0.15) is 42.1 Å². The van der Waals surface area contributed by atoms with Gasteiger partial charge >= 0.3 is 0 Å². The van der Waals surface area contributed by atoms with Gasteiger partial charge in [-0.25, -0.2) is 0 Å². The number of rotatable bonds is 7. The molecule has 1 aromatic heterocycles. The van der Waals surface area contributed by atoms with E-state index < -0.39 is 0 Å². The summed E-state index contributed by atoms with van der Waals surface area (Å²) in [6.07, 6.45) is 1.09. The second-order valence-electron chi connectivity index (χ2n) is 5.88. The highest BCUT2D eigenvalue weighted by Crippen LogP contribution is 2.24. The molecule has 4 nitrogen and oxygen atoms in total. The SMILES string of the molecule is CC[C@H](C)c1ccc(C(=O)CSc2nnc(-c3ccccc3)o2)cc1. The highest BCUT2D eigenvalue weighted by Gasteiger charge is 2.13. The highest BCUT2D eigenvalue weighted by molar-refractivity contribution is 7.99. The van der Waals surface area contributed by atoms with E-state index in [1.165, 1.54) is 17.3 Å². The molecule has 2 aromatic carbocycles. The summed E-state index contributed by atoms with van der Waals surface area (Å²) in [6.45, 7) is 4.35. The van der Waals surface area contributed by atoms with E-state index >= 15 is 0 Å². The van der Waals surface area contributed by atoms with Gasteiger partial charge in [0.1, 0.15) is 0 Å². The predicted molar refractivity (Wildman–Crippen MR) is 99.9 cm³/mol. The molecule has 1 heterocycles. The van der Waals surface area contributed by atoms with Crippen LogP contribution in [0.3, 0.4) is 0 Å². The van der Waals surface area contributed by atoms with E-state index in [0.29, 0.717) is 22.6 Å². The molecule has 0 spiro atoms. The Morgan fingerprint density at radius 2 is 1.80 bits per heavy atom. The van der Waals surface area contributed by atoms with Gasteiger partial charge in [0.05, 0.1) is 5.75 Å². The molecule has 0 aliphatic heterocycles. The van der Waals surface area contributed by atoms with Crippen LogP contribution in [0.2, 0.25) is 0 Å². The Morgan fingerprint density at radius 3 is 2.48 bits per heavy atom. The molecule has 0 saturated heterocycles. The maximum Gasteiger partial charge on any atom is 0.277 e. The summed E-state index contributed by atoms with van der Waals surface area (Å²) in [7, 11) is 0. The molecule has 0 aliphatic carbocycles. The number of hydrogen-bond donors (Lipinski definition) is 0. The largest absolute Gasteiger partial charge is 0.411 e. The fourth-order valence-corrected chi connectivity index (χ4v) is 3.07. The standard InChI is InChI=1S/C20H20N2O2S/c1-3-14(2)15-9-11-16(12-10-15)18(23)13-25-20-22-21-19(24-20)17-7-5-4-6-8-17/h4-12,14H,3,13H2,1-2H3/t14-/m0/s1. The fourth-order valence-electron chi connectivity index (χ4n) is 2.41. The van der Waals surface area contributed by atoms with Crippen LogP contribution in [-0.2, 0) is 0 Å². The lowest BCUT2D eigenvalue weighted by molar-refractivity contribution is 0.102. The number of aromatic nitrogens is 2. The van der Waals surface area contributed by atoms with Crippen molar-refractivity contribution in [1.29, 1.82) is 0 Å². The van der Waals surface area contributed by atoms with Crippen molar-refractivity contribution in [2.75, 3.05) is 5.75 Å². The van der Waals surface area contributed by atoms with Gasteiger partial charge in [-0.15, -0.1) is 10.2 Å². The van der Waals surface area contributed by atoms with Crippen molar-refractivity contribution in [3.05, 3.63) is 65.7 Å². The molecular formula is C20H20N2O2S. The maximum atomic E-state index is 12.3. The summed E-state index contributed by atoms with van der Waals surface area (Å²) in [5.41, 5.74) is 2.84. The Balaban J connectivity index is 1.60. The van der Waals surface area contributed by atoms with Gasteiger partial charge in [0.15, 0.2) is 5.78 Å². The zero-order chi connectivity index (χ0) is 17.6. The van der Waals surface area contributed by atoms with Crippen molar-refractivity contribution in [3.8, 4) is 11.5 Å². The third-order valence-electron chi connectivity index (χ3n) is 4.17. The second-order valence-corrected chi connectivity index (χ2v) is 6.81. The van der Waals surface area contributed by atoms with E-state index in [1.54, 1.807) is 0 Å². The average Bonchev–Trinajstić information content (AvgIpc) is 3.15.